The Bertz CT molecular complexity index is 866. The van der Waals surface area contributed by atoms with Crippen LogP contribution in [0.25, 0.3) is 0 Å². The zero-order chi connectivity index (χ0) is 19.7. The van der Waals surface area contributed by atoms with Gasteiger partial charge in [-0.25, -0.2) is 4.39 Å². The Kier molecular flexibility index (Phi) is 5.26. The number of piperazine rings is 1. The molecular formula is C20H21ClFN3O3. The molecule has 28 heavy (non-hydrogen) atoms. The first kappa shape index (κ1) is 18.8. The lowest BCUT2D eigenvalue weighted by Crippen LogP contribution is -2.50. The molecule has 1 aromatic carbocycles. The number of furan rings is 1. The van der Waals surface area contributed by atoms with Crippen LogP contribution in [0.1, 0.15) is 12.2 Å². The topological polar surface area (TPSA) is 57.0 Å². The lowest BCUT2D eigenvalue weighted by Gasteiger charge is -2.37. The van der Waals surface area contributed by atoms with Gasteiger partial charge in [-0.1, -0.05) is 11.6 Å². The summed E-state index contributed by atoms with van der Waals surface area (Å²) >= 11 is 6.14. The standard InChI is InChI=1S/C20H21ClFN3O3/c21-17-11-15(22)3-4-18(17)23-5-7-24(8-6-23)20(27)14-10-19(26)25(12-14)13-16-2-1-9-28-16/h1-4,9,11,14H,5-8,10,12-13H2. The normalized spacial score (nSPS) is 20.1. The van der Waals surface area contributed by atoms with E-state index in [4.69, 9.17) is 16.0 Å². The highest BCUT2D eigenvalue weighted by Gasteiger charge is 2.37. The Morgan fingerprint density at radius 3 is 2.68 bits per heavy atom. The molecule has 2 amide bonds. The average molecular weight is 406 g/mol. The molecule has 2 saturated heterocycles. The number of nitrogens with zero attached hydrogens (tertiary/aromatic N) is 3. The van der Waals surface area contributed by atoms with Gasteiger partial charge in [0.15, 0.2) is 0 Å². The van der Waals surface area contributed by atoms with Gasteiger partial charge in [0.2, 0.25) is 11.8 Å². The van der Waals surface area contributed by atoms with Crippen molar-refractivity contribution in [2.45, 2.75) is 13.0 Å². The van der Waals surface area contributed by atoms with Crippen molar-refractivity contribution >= 4 is 29.1 Å². The quantitative estimate of drug-likeness (QED) is 0.784. The molecule has 6 nitrogen and oxygen atoms in total. The van der Waals surface area contributed by atoms with Gasteiger partial charge >= 0.3 is 0 Å². The first-order chi connectivity index (χ1) is 13.5. The lowest BCUT2D eigenvalue weighted by molar-refractivity contribution is -0.136. The number of halogens is 2. The van der Waals surface area contributed by atoms with Crippen molar-refractivity contribution in [2.75, 3.05) is 37.6 Å². The number of likely N-dealkylation sites (tertiary alicyclic amines) is 1. The van der Waals surface area contributed by atoms with E-state index in [0.29, 0.717) is 50.1 Å². The Labute approximate surface area is 167 Å². The van der Waals surface area contributed by atoms with Crippen LogP contribution in [0.4, 0.5) is 10.1 Å². The van der Waals surface area contributed by atoms with Gasteiger partial charge in [-0.3, -0.25) is 9.59 Å². The summed E-state index contributed by atoms with van der Waals surface area (Å²) in [4.78, 5) is 30.7. The molecule has 3 heterocycles. The Hall–Kier alpha value is -2.54. The predicted molar refractivity (Wildman–Crippen MR) is 102 cm³/mol. The molecule has 2 aliphatic heterocycles. The summed E-state index contributed by atoms with van der Waals surface area (Å²) in [6.45, 7) is 3.15. The second-order valence-electron chi connectivity index (χ2n) is 7.16. The van der Waals surface area contributed by atoms with Gasteiger partial charge in [0.05, 0.1) is 29.4 Å². The Morgan fingerprint density at radius 2 is 2.00 bits per heavy atom. The van der Waals surface area contributed by atoms with Crippen LogP contribution in [0.3, 0.4) is 0 Å². The second-order valence-corrected chi connectivity index (χ2v) is 7.57. The third kappa shape index (κ3) is 3.85. The van der Waals surface area contributed by atoms with Crippen molar-refractivity contribution in [3.05, 3.63) is 53.2 Å². The molecule has 2 aromatic rings. The van der Waals surface area contributed by atoms with Crippen molar-refractivity contribution in [1.82, 2.24) is 9.80 Å². The number of rotatable bonds is 4. The number of hydrogen-bond acceptors (Lipinski definition) is 4. The minimum absolute atomic E-state index is 0.0140. The molecule has 148 valence electrons. The highest BCUT2D eigenvalue weighted by Crippen LogP contribution is 2.28. The van der Waals surface area contributed by atoms with Crippen molar-refractivity contribution in [1.29, 1.82) is 0 Å². The number of carbonyl (C=O) groups is 2. The maximum atomic E-state index is 13.2. The lowest BCUT2D eigenvalue weighted by atomic mass is 10.1. The fourth-order valence-corrected chi connectivity index (χ4v) is 4.13. The zero-order valence-electron chi connectivity index (χ0n) is 15.3. The summed E-state index contributed by atoms with van der Waals surface area (Å²) in [5.74, 6) is 0.0221. The van der Waals surface area contributed by atoms with Gasteiger partial charge in [0.1, 0.15) is 11.6 Å². The molecule has 0 bridgehead atoms. The molecule has 0 radical (unpaired) electrons. The van der Waals surface area contributed by atoms with Crippen LogP contribution in [0.5, 0.6) is 0 Å². The number of hydrogen-bond donors (Lipinski definition) is 0. The molecule has 0 aliphatic carbocycles. The van der Waals surface area contributed by atoms with Gasteiger partial charge < -0.3 is 19.1 Å². The van der Waals surface area contributed by atoms with Crippen LogP contribution in [0.15, 0.2) is 41.0 Å². The summed E-state index contributed by atoms with van der Waals surface area (Å²) < 4.78 is 18.5. The van der Waals surface area contributed by atoms with Gasteiger partial charge in [0.25, 0.3) is 0 Å². The molecular weight excluding hydrogens is 385 g/mol. The molecule has 0 spiro atoms. The minimum atomic E-state index is -0.368. The molecule has 4 rings (SSSR count). The summed E-state index contributed by atoms with van der Waals surface area (Å²) in [6, 6.07) is 7.95. The van der Waals surface area contributed by atoms with E-state index in [9.17, 15) is 14.0 Å². The van der Waals surface area contributed by atoms with Gasteiger partial charge in [-0.15, -0.1) is 0 Å². The summed E-state index contributed by atoms with van der Waals surface area (Å²) in [5, 5.41) is 0.370. The highest BCUT2D eigenvalue weighted by molar-refractivity contribution is 6.33. The van der Waals surface area contributed by atoms with Gasteiger partial charge in [-0.05, 0) is 30.3 Å². The number of amides is 2. The second kappa shape index (κ2) is 7.83. The summed E-state index contributed by atoms with van der Waals surface area (Å²) in [5.41, 5.74) is 0.774. The van der Waals surface area contributed by atoms with Crippen LogP contribution in [-0.2, 0) is 16.1 Å². The van der Waals surface area contributed by atoms with E-state index in [1.807, 2.05) is 11.0 Å². The highest BCUT2D eigenvalue weighted by atomic mass is 35.5. The van der Waals surface area contributed by atoms with Crippen molar-refractivity contribution in [2.24, 2.45) is 5.92 Å². The van der Waals surface area contributed by atoms with E-state index in [2.05, 4.69) is 4.90 Å². The van der Waals surface area contributed by atoms with E-state index in [0.717, 1.165) is 5.69 Å². The number of benzene rings is 1. The summed E-state index contributed by atoms with van der Waals surface area (Å²) in [6.07, 6.45) is 1.81. The smallest absolute Gasteiger partial charge is 0.228 e. The van der Waals surface area contributed by atoms with Gasteiger partial charge in [-0.2, -0.15) is 0 Å². The third-order valence-electron chi connectivity index (χ3n) is 5.33. The van der Waals surface area contributed by atoms with Gasteiger partial charge in [0, 0.05) is 39.1 Å². The van der Waals surface area contributed by atoms with Crippen molar-refractivity contribution in [3.8, 4) is 0 Å². The predicted octanol–water partition coefficient (Wildman–Crippen LogP) is 2.77. The molecule has 0 N–H and O–H groups in total. The van der Waals surface area contributed by atoms with E-state index < -0.39 is 0 Å². The van der Waals surface area contributed by atoms with Crippen LogP contribution in [-0.4, -0.2) is 54.3 Å². The minimum Gasteiger partial charge on any atom is -0.467 e. The van der Waals surface area contributed by atoms with E-state index >= 15 is 0 Å². The zero-order valence-corrected chi connectivity index (χ0v) is 16.1. The summed E-state index contributed by atoms with van der Waals surface area (Å²) in [7, 11) is 0. The molecule has 1 atom stereocenters. The fraction of sp³-hybridized carbons (Fsp3) is 0.400. The van der Waals surface area contributed by atoms with Crippen LogP contribution in [0, 0.1) is 11.7 Å². The fourth-order valence-electron chi connectivity index (χ4n) is 3.84. The average Bonchev–Trinajstić information content (AvgIpc) is 3.32. The van der Waals surface area contributed by atoms with Crippen LogP contribution < -0.4 is 4.90 Å². The van der Waals surface area contributed by atoms with E-state index in [1.54, 1.807) is 23.3 Å². The Morgan fingerprint density at radius 1 is 1.21 bits per heavy atom. The largest absolute Gasteiger partial charge is 0.467 e. The van der Waals surface area contributed by atoms with E-state index in [1.165, 1.54) is 12.1 Å². The maximum Gasteiger partial charge on any atom is 0.228 e. The SMILES string of the molecule is O=C1CC(C(=O)N2CCN(c3ccc(F)cc3Cl)CC2)CN1Cc1ccco1. The number of carbonyl (C=O) groups excluding carboxylic acids is 2. The molecule has 1 aromatic heterocycles. The first-order valence-electron chi connectivity index (χ1n) is 9.30. The van der Waals surface area contributed by atoms with Crippen LogP contribution >= 0.6 is 11.6 Å². The van der Waals surface area contributed by atoms with Crippen molar-refractivity contribution in [3.63, 3.8) is 0 Å². The van der Waals surface area contributed by atoms with Crippen molar-refractivity contribution < 1.29 is 18.4 Å². The van der Waals surface area contributed by atoms with E-state index in [-0.39, 0.29) is 30.0 Å². The molecule has 2 aliphatic rings. The monoisotopic (exact) mass is 405 g/mol. The molecule has 1 unspecified atom stereocenters. The maximum absolute atomic E-state index is 13.2. The third-order valence-corrected chi connectivity index (χ3v) is 5.64. The number of anilines is 1. The van der Waals surface area contributed by atoms with Crippen LogP contribution in [0.2, 0.25) is 5.02 Å². The first-order valence-corrected chi connectivity index (χ1v) is 9.68. The molecule has 8 heteroatoms. The Balaban J connectivity index is 1.33. The molecule has 0 saturated carbocycles. The molecule has 2 fully saturated rings.